The summed E-state index contributed by atoms with van der Waals surface area (Å²) in [5, 5.41) is 2.90. The van der Waals surface area contributed by atoms with Crippen LogP contribution in [-0.2, 0) is 20.4 Å². The van der Waals surface area contributed by atoms with Crippen LogP contribution in [0.2, 0.25) is 0 Å². The molecule has 1 unspecified atom stereocenters. The molecule has 2 amide bonds. The largest absolute Gasteiger partial charge is 0.333 e. The molecule has 4 rings (SSSR count). The van der Waals surface area contributed by atoms with Crippen molar-refractivity contribution in [1.82, 2.24) is 14.9 Å². The summed E-state index contributed by atoms with van der Waals surface area (Å²) >= 11 is 0. The Labute approximate surface area is 207 Å². The maximum atomic E-state index is 13.5. The SMILES string of the molecule is C=P(OCC)(OCC)c1cnc(NC(=O)C(CC2CCCCC2)N2Cc3ccccc3C2=O)cn1. The quantitative estimate of drug-likeness (QED) is 0.489. The lowest BCUT2D eigenvalue weighted by Gasteiger charge is -2.31. The van der Waals surface area contributed by atoms with Crippen molar-refractivity contribution in [3.8, 4) is 0 Å². The molecule has 1 saturated carbocycles. The van der Waals surface area contributed by atoms with Gasteiger partial charge in [-0.3, -0.25) is 9.59 Å². The fraction of sp³-hybridized carbons (Fsp3) is 0.500. The first-order valence-electron chi connectivity index (χ1n) is 12.5. The highest BCUT2D eigenvalue weighted by Crippen LogP contribution is 2.45. The van der Waals surface area contributed by atoms with Crippen LogP contribution in [0.3, 0.4) is 0 Å². The van der Waals surface area contributed by atoms with E-state index < -0.39 is 13.4 Å². The molecule has 1 aliphatic carbocycles. The highest BCUT2D eigenvalue weighted by atomic mass is 31.2. The summed E-state index contributed by atoms with van der Waals surface area (Å²) in [6.07, 6.45) is 13.6. The molecule has 0 saturated heterocycles. The number of carbonyl (C=O) groups excluding carboxylic acids is 2. The number of carbonyl (C=O) groups is 2. The van der Waals surface area contributed by atoms with Crippen LogP contribution in [0.5, 0.6) is 0 Å². The van der Waals surface area contributed by atoms with Gasteiger partial charge in [0, 0.05) is 12.1 Å². The highest BCUT2D eigenvalue weighted by Gasteiger charge is 2.38. The van der Waals surface area contributed by atoms with Crippen molar-refractivity contribution < 1.29 is 18.6 Å². The van der Waals surface area contributed by atoms with Crippen molar-refractivity contribution in [3.05, 3.63) is 47.8 Å². The van der Waals surface area contributed by atoms with Gasteiger partial charge < -0.3 is 19.3 Å². The molecule has 1 aromatic carbocycles. The second-order valence-electron chi connectivity index (χ2n) is 9.10. The molecule has 8 nitrogen and oxygen atoms in total. The maximum absolute atomic E-state index is 13.5. The van der Waals surface area contributed by atoms with Gasteiger partial charge in [0.05, 0.1) is 25.6 Å². The second kappa shape index (κ2) is 11.5. The van der Waals surface area contributed by atoms with Crippen LogP contribution in [0, 0.1) is 5.92 Å². The van der Waals surface area contributed by atoms with Crippen LogP contribution in [0.1, 0.15) is 68.3 Å². The fourth-order valence-electron chi connectivity index (χ4n) is 5.00. The molecule has 1 aliphatic heterocycles. The first-order chi connectivity index (χ1) is 16.9. The molecular formula is C26H35N4O4P. The molecule has 0 bridgehead atoms. The van der Waals surface area contributed by atoms with Gasteiger partial charge in [-0.2, -0.15) is 0 Å². The van der Waals surface area contributed by atoms with Crippen molar-refractivity contribution in [2.75, 3.05) is 18.5 Å². The third kappa shape index (κ3) is 5.83. The third-order valence-electron chi connectivity index (χ3n) is 6.72. The number of fused-ring (bicyclic) bond motifs is 1. The molecule has 1 atom stereocenters. The zero-order valence-electron chi connectivity index (χ0n) is 20.6. The summed E-state index contributed by atoms with van der Waals surface area (Å²) < 4.78 is 11.5. The van der Waals surface area contributed by atoms with Crippen LogP contribution in [0.25, 0.3) is 0 Å². The van der Waals surface area contributed by atoms with Gasteiger partial charge in [0.1, 0.15) is 11.5 Å². The number of aromatic nitrogens is 2. The van der Waals surface area contributed by atoms with Crippen LogP contribution < -0.4 is 10.8 Å². The smallest absolute Gasteiger partial charge is 0.255 e. The third-order valence-corrected chi connectivity index (χ3v) is 9.00. The summed E-state index contributed by atoms with van der Waals surface area (Å²) in [5.41, 5.74) is 2.18. The van der Waals surface area contributed by atoms with E-state index in [0.717, 1.165) is 18.4 Å². The molecule has 188 valence electrons. The first kappa shape index (κ1) is 25.5. The van der Waals surface area contributed by atoms with Crippen LogP contribution in [-0.4, -0.2) is 52.2 Å². The van der Waals surface area contributed by atoms with Gasteiger partial charge in [-0.15, -0.1) is 0 Å². The Kier molecular flexibility index (Phi) is 8.37. The molecule has 2 aliphatic rings. The Bertz CT molecular complexity index is 1080. The van der Waals surface area contributed by atoms with Gasteiger partial charge in [-0.1, -0.05) is 50.3 Å². The summed E-state index contributed by atoms with van der Waals surface area (Å²) in [6, 6.07) is 7.02. The van der Waals surface area contributed by atoms with Crippen LogP contribution in [0.15, 0.2) is 36.7 Å². The van der Waals surface area contributed by atoms with E-state index in [1.54, 1.807) is 11.1 Å². The van der Waals surface area contributed by atoms with Crippen molar-refractivity contribution in [2.45, 2.75) is 65.0 Å². The number of benzene rings is 1. The molecular weight excluding hydrogens is 463 g/mol. The van der Waals surface area contributed by atoms with Gasteiger partial charge in [-0.05, 0) is 44.1 Å². The van der Waals surface area contributed by atoms with Gasteiger partial charge in [0.25, 0.3) is 5.91 Å². The highest BCUT2D eigenvalue weighted by molar-refractivity contribution is 7.71. The monoisotopic (exact) mass is 498 g/mol. The lowest BCUT2D eigenvalue weighted by atomic mass is 9.84. The van der Waals surface area contributed by atoms with Crippen molar-refractivity contribution in [3.63, 3.8) is 0 Å². The molecule has 9 heteroatoms. The average molecular weight is 499 g/mol. The zero-order valence-corrected chi connectivity index (χ0v) is 21.5. The fourth-order valence-corrected chi connectivity index (χ4v) is 6.64. The Hall–Kier alpha value is -2.54. The van der Waals surface area contributed by atoms with E-state index in [1.807, 2.05) is 38.1 Å². The summed E-state index contributed by atoms with van der Waals surface area (Å²) in [6.45, 7) is 5.11. The first-order valence-corrected chi connectivity index (χ1v) is 14.3. The predicted octanol–water partition coefficient (Wildman–Crippen LogP) is 4.39. The molecule has 2 aromatic rings. The second-order valence-corrected chi connectivity index (χ2v) is 11.4. The molecule has 1 aromatic heterocycles. The number of hydrogen-bond donors (Lipinski definition) is 1. The predicted molar refractivity (Wildman–Crippen MR) is 139 cm³/mol. The molecule has 1 N–H and O–H groups in total. The minimum absolute atomic E-state index is 0.0851. The normalized spacial score (nSPS) is 17.3. The number of amides is 2. The number of hydrogen-bond acceptors (Lipinski definition) is 6. The number of rotatable bonds is 10. The van der Waals surface area contributed by atoms with Crippen molar-refractivity contribution >= 4 is 36.7 Å². The van der Waals surface area contributed by atoms with Gasteiger partial charge >= 0.3 is 0 Å². The van der Waals surface area contributed by atoms with Crippen molar-refractivity contribution in [1.29, 1.82) is 0 Å². The molecule has 2 heterocycles. The number of nitrogens with zero attached hydrogens (tertiary/aromatic N) is 3. The van der Waals surface area contributed by atoms with Crippen LogP contribution >= 0.6 is 7.34 Å². The van der Waals surface area contributed by atoms with Gasteiger partial charge in [0.15, 0.2) is 13.2 Å². The van der Waals surface area contributed by atoms with E-state index in [1.165, 1.54) is 25.5 Å². The molecule has 35 heavy (non-hydrogen) atoms. The standard InChI is InChI=1S/C26H35N4O4P/c1-4-33-35(3,34-5-2)24-17-27-23(16-28-24)29-25(31)22(15-19-11-7-6-8-12-19)30-18-20-13-9-10-14-21(20)26(30)32/h9-10,13-14,16-17,19,22H,3-8,11-12,15,18H2,1-2H3,(H,27,29,31). The summed E-state index contributed by atoms with van der Waals surface area (Å²) in [4.78, 5) is 37.3. The Morgan fingerprint density at radius 3 is 2.49 bits per heavy atom. The summed E-state index contributed by atoms with van der Waals surface area (Å²) in [7, 11) is -2.57. The van der Waals surface area contributed by atoms with Gasteiger partial charge in [0.2, 0.25) is 5.91 Å². The lowest BCUT2D eigenvalue weighted by Crippen LogP contribution is -2.45. The van der Waals surface area contributed by atoms with Crippen molar-refractivity contribution in [2.24, 2.45) is 5.92 Å². The van der Waals surface area contributed by atoms with E-state index in [2.05, 4.69) is 21.6 Å². The lowest BCUT2D eigenvalue weighted by molar-refractivity contribution is -0.121. The van der Waals surface area contributed by atoms with E-state index in [4.69, 9.17) is 9.05 Å². The maximum Gasteiger partial charge on any atom is 0.255 e. The Morgan fingerprint density at radius 1 is 1.14 bits per heavy atom. The van der Waals surface area contributed by atoms with E-state index in [9.17, 15) is 9.59 Å². The van der Waals surface area contributed by atoms with E-state index in [0.29, 0.717) is 48.9 Å². The molecule has 0 spiro atoms. The van der Waals surface area contributed by atoms with Gasteiger partial charge in [-0.25, -0.2) is 9.97 Å². The van der Waals surface area contributed by atoms with E-state index in [-0.39, 0.29) is 11.8 Å². The Balaban J connectivity index is 1.52. The average Bonchev–Trinajstić information content (AvgIpc) is 3.20. The zero-order chi connectivity index (χ0) is 24.8. The summed E-state index contributed by atoms with van der Waals surface area (Å²) in [5.74, 6) is 0.441. The Morgan fingerprint density at radius 2 is 1.86 bits per heavy atom. The molecule has 1 fully saturated rings. The minimum Gasteiger partial charge on any atom is -0.333 e. The topological polar surface area (TPSA) is 93.7 Å². The van der Waals surface area contributed by atoms with Crippen LogP contribution in [0.4, 0.5) is 5.82 Å². The number of anilines is 1. The minimum atomic E-state index is -2.57. The number of nitrogens with one attached hydrogen (secondary N) is 1. The molecule has 0 radical (unpaired) electrons. The van der Waals surface area contributed by atoms with E-state index >= 15 is 0 Å².